The van der Waals surface area contributed by atoms with Gasteiger partial charge in [-0.15, -0.1) is 0 Å². The van der Waals surface area contributed by atoms with Crippen molar-refractivity contribution in [2.45, 2.75) is 20.4 Å². The van der Waals surface area contributed by atoms with Crippen molar-refractivity contribution in [2.24, 2.45) is 0 Å². The summed E-state index contributed by atoms with van der Waals surface area (Å²) in [6.45, 7) is 3.49. The Bertz CT molecular complexity index is 971. The SMILES string of the molecule is CC(=O)c1ccc(NC(=O)C(=O)NCc2cc3ccccc3[nH]2)cc1C. The summed E-state index contributed by atoms with van der Waals surface area (Å²) in [5, 5.41) is 6.17. The number of nitrogens with one attached hydrogen (secondary N) is 3. The number of para-hydroxylation sites is 1. The topological polar surface area (TPSA) is 91.1 Å². The van der Waals surface area contributed by atoms with Gasteiger partial charge in [0.25, 0.3) is 0 Å². The van der Waals surface area contributed by atoms with Crippen molar-refractivity contribution in [1.82, 2.24) is 10.3 Å². The van der Waals surface area contributed by atoms with Crippen LogP contribution in [0.25, 0.3) is 10.9 Å². The molecule has 2 amide bonds. The second-order valence-corrected chi connectivity index (χ2v) is 6.10. The van der Waals surface area contributed by atoms with Crippen LogP contribution in [0.15, 0.2) is 48.5 Å². The summed E-state index contributed by atoms with van der Waals surface area (Å²) in [6.07, 6.45) is 0. The maximum absolute atomic E-state index is 12.0. The number of amides is 2. The van der Waals surface area contributed by atoms with Crippen LogP contribution in [0.2, 0.25) is 0 Å². The minimum absolute atomic E-state index is 0.0449. The molecule has 3 N–H and O–H groups in total. The van der Waals surface area contributed by atoms with Crippen molar-refractivity contribution in [2.75, 3.05) is 5.32 Å². The highest BCUT2D eigenvalue weighted by molar-refractivity contribution is 6.39. The maximum atomic E-state index is 12.0. The third kappa shape index (κ3) is 3.80. The Morgan fingerprint density at radius 2 is 1.77 bits per heavy atom. The number of fused-ring (bicyclic) bond motifs is 1. The Morgan fingerprint density at radius 1 is 1.00 bits per heavy atom. The fourth-order valence-corrected chi connectivity index (χ4v) is 2.81. The van der Waals surface area contributed by atoms with Gasteiger partial charge < -0.3 is 15.6 Å². The second kappa shape index (κ2) is 7.23. The largest absolute Gasteiger partial charge is 0.357 e. The molecule has 2 aromatic carbocycles. The quantitative estimate of drug-likeness (QED) is 0.499. The lowest BCUT2D eigenvalue weighted by molar-refractivity contribution is -0.136. The summed E-state index contributed by atoms with van der Waals surface area (Å²) in [5.74, 6) is -1.52. The van der Waals surface area contributed by atoms with E-state index in [1.165, 1.54) is 6.92 Å². The molecule has 3 rings (SSSR count). The first-order valence-electron chi connectivity index (χ1n) is 8.21. The number of anilines is 1. The van der Waals surface area contributed by atoms with Crippen molar-refractivity contribution in [3.8, 4) is 0 Å². The van der Waals surface area contributed by atoms with E-state index < -0.39 is 11.8 Å². The van der Waals surface area contributed by atoms with Crippen LogP contribution in [-0.2, 0) is 16.1 Å². The zero-order valence-electron chi connectivity index (χ0n) is 14.6. The Morgan fingerprint density at radius 3 is 2.46 bits per heavy atom. The molecule has 26 heavy (non-hydrogen) atoms. The minimum atomic E-state index is -0.754. The van der Waals surface area contributed by atoms with Crippen LogP contribution in [-0.4, -0.2) is 22.6 Å². The lowest BCUT2D eigenvalue weighted by atomic mass is 10.0. The van der Waals surface area contributed by atoms with Crippen LogP contribution in [0.3, 0.4) is 0 Å². The fourth-order valence-electron chi connectivity index (χ4n) is 2.81. The number of benzene rings is 2. The first kappa shape index (κ1) is 17.4. The number of aromatic amines is 1. The van der Waals surface area contributed by atoms with E-state index in [1.807, 2.05) is 30.3 Å². The number of Topliss-reactive ketones (excluding diaryl/α,β-unsaturated/α-hetero) is 1. The molecule has 0 bridgehead atoms. The second-order valence-electron chi connectivity index (χ2n) is 6.10. The van der Waals surface area contributed by atoms with E-state index in [0.29, 0.717) is 11.3 Å². The summed E-state index contributed by atoms with van der Waals surface area (Å²) in [4.78, 5) is 38.7. The van der Waals surface area contributed by atoms with Crippen molar-refractivity contribution in [3.05, 3.63) is 65.4 Å². The van der Waals surface area contributed by atoms with Crippen LogP contribution in [0, 0.1) is 6.92 Å². The van der Waals surface area contributed by atoms with Crippen LogP contribution in [0.1, 0.15) is 28.5 Å². The first-order chi connectivity index (χ1) is 12.4. The van der Waals surface area contributed by atoms with Gasteiger partial charge in [0.05, 0.1) is 6.54 Å². The average Bonchev–Trinajstić information content (AvgIpc) is 3.02. The molecule has 0 aliphatic heterocycles. The first-order valence-corrected chi connectivity index (χ1v) is 8.21. The van der Waals surface area contributed by atoms with Crippen LogP contribution < -0.4 is 10.6 Å². The van der Waals surface area contributed by atoms with E-state index in [9.17, 15) is 14.4 Å². The van der Waals surface area contributed by atoms with Gasteiger partial charge in [0.15, 0.2) is 5.78 Å². The van der Waals surface area contributed by atoms with E-state index in [2.05, 4.69) is 15.6 Å². The van der Waals surface area contributed by atoms with E-state index in [-0.39, 0.29) is 12.3 Å². The molecule has 6 heteroatoms. The lowest BCUT2D eigenvalue weighted by Crippen LogP contribution is -2.35. The van der Waals surface area contributed by atoms with Crippen LogP contribution in [0.4, 0.5) is 5.69 Å². The van der Waals surface area contributed by atoms with Gasteiger partial charge in [0, 0.05) is 22.5 Å². The molecule has 132 valence electrons. The van der Waals surface area contributed by atoms with Gasteiger partial charge in [-0.25, -0.2) is 0 Å². The normalized spacial score (nSPS) is 10.5. The molecule has 0 fully saturated rings. The number of hydrogen-bond donors (Lipinski definition) is 3. The monoisotopic (exact) mass is 349 g/mol. The Labute approximate surface area is 150 Å². The molecule has 0 spiro atoms. The van der Waals surface area contributed by atoms with Gasteiger partial charge in [0.2, 0.25) is 0 Å². The standard InChI is InChI=1S/C20H19N3O3/c1-12-9-15(7-8-17(12)13(2)24)23-20(26)19(25)21-11-16-10-14-5-3-4-6-18(14)22-16/h3-10,22H,11H2,1-2H3,(H,21,25)(H,23,26). The predicted molar refractivity (Wildman–Crippen MR) is 100.0 cm³/mol. The molecule has 6 nitrogen and oxygen atoms in total. The number of rotatable bonds is 4. The molecule has 0 saturated carbocycles. The van der Waals surface area contributed by atoms with Gasteiger partial charge in [-0.2, -0.15) is 0 Å². The summed E-state index contributed by atoms with van der Waals surface area (Å²) in [6, 6.07) is 14.6. The molecule has 3 aromatic rings. The smallest absolute Gasteiger partial charge is 0.313 e. The number of carbonyl (C=O) groups is 3. The van der Waals surface area contributed by atoms with Crippen molar-refractivity contribution < 1.29 is 14.4 Å². The Balaban J connectivity index is 1.60. The van der Waals surface area contributed by atoms with E-state index in [4.69, 9.17) is 0 Å². The molecule has 1 aromatic heterocycles. The Kier molecular flexibility index (Phi) is 4.84. The van der Waals surface area contributed by atoms with E-state index >= 15 is 0 Å². The number of aromatic nitrogens is 1. The third-order valence-corrected chi connectivity index (χ3v) is 4.09. The van der Waals surface area contributed by atoms with Crippen molar-refractivity contribution in [1.29, 1.82) is 0 Å². The van der Waals surface area contributed by atoms with Crippen molar-refractivity contribution >= 4 is 34.2 Å². The molecule has 0 saturated heterocycles. The average molecular weight is 349 g/mol. The van der Waals surface area contributed by atoms with Gasteiger partial charge in [0.1, 0.15) is 0 Å². The van der Waals surface area contributed by atoms with E-state index in [1.54, 1.807) is 25.1 Å². The van der Waals surface area contributed by atoms with Gasteiger partial charge >= 0.3 is 11.8 Å². The maximum Gasteiger partial charge on any atom is 0.313 e. The van der Waals surface area contributed by atoms with Crippen LogP contribution in [0.5, 0.6) is 0 Å². The number of H-pyrrole nitrogens is 1. The highest BCUT2D eigenvalue weighted by Crippen LogP contribution is 2.16. The highest BCUT2D eigenvalue weighted by atomic mass is 16.2. The number of ketones is 1. The fraction of sp³-hybridized carbons (Fsp3) is 0.150. The van der Waals surface area contributed by atoms with Crippen LogP contribution >= 0.6 is 0 Å². The summed E-state index contributed by atoms with van der Waals surface area (Å²) < 4.78 is 0. The Hall–Kier alpha value is -3.41. The highest BCUT2D eigenvalue weighted by Gasteiger charge is 2.14. The number of hydrogen-bond acceptors (Lipinski definition) is 3. The molecule has 0 aliphatic rings. The van der Waals surface area contributed by atoms with E-state index in [0.717, 1.165) is 22.2 Å². The molecule has 0 unspecified atom stereocenters. The molecule has 1 heterocycles. The van der Waals surface area contributed by atoms with Gasteiger partial charge in [-0.05, 0) is 55.1 Å². The molecule has 0 radical (unpaired) electrons. The third-order valence-electron chi connectivity index (χ3n) is 4.09. The number of aryl methyl sites for hydroxylation is 1. The zero-order valence-corrected chi connectivity index (χ0v) is 14.6. The molecular weight excluding hydrogens is 330 g/mol. The number of carbonyl (C=O) groups excluding carboxylic acids is 3. The molecule has 0 atom stereocenters. The molecule has 0 aliphatic carbocycles. The zero-order chi connectivity index (χ0) is 18.7. The lowest BCUT2D eigenvalue weighted by Gasteiger charge is -2.08. The molecular formula is C20H19N3O3. The predicted octanol–water partition coefficient (Wildman–Crippen LogP) is 2.93. The van der Waals surface area contributed by atoms with Gasteiger partial charge in [-0.1, -0.05) is 18.2 Å². The van der Waals surface area contributed by atoms with Crippen molar-refractivity contribution in [3.63, 3.8) is 0 Å². The van der Waals surface area contributed by atoms with Gasteiger partial charge in [-0.3, -0.25) is 14.4 Å². The summed E-state index contributed by atoms with van der Waals surface area (Å²) in [7, 11) is 0. The summed E-state index contributed by atoms with van der Waals surface area (Å²) >= 11 is 0. The summed E-state index contributed by atoms with van der Waals surface area (Å²) in [5.41, 5.74) is 3.59. The minimum Gasteiger partial charge on any atom is -0.357 e.